The van der Waals surface area contributed by atoms with Crippen LogP contribution in [0, 0.1) is 0 Å². The molecule has 2 aromatic rings. The predicted molar refractivity (Wildman–Crippen MR) is 76.9 cm³/mol. The number of carbonyl (C=O) groups is 2. The zero-order chi connectivity index (χ0) is 15.7. The van der Waals surface area contributed by atoms with E-state index in [4.69, 9.17) is 5.11 Å². The van der Waals surface area contributed by atoms with E-state index in [-0.39, 0.29) is 18.2 Å². The van der Waals surface area contributed by atoms with Crippen LogP contribution in [0.2, 0.25) is 0 Å². The number of nitrogens with zero attached hydrogens (tertiary/aromatic N) is 1. The first-order chi connectivity index (χ1) is 9.81. The molecule has 0 amide bonds. The Balaban J connectivity index is 2.80. The van der Waals surface area contributed by atoms with Gasteiger partial charge in [0.15, 0.2) is 5.43 Å². The average Bonchev–Trinajstić information content (AvgIpc) is 2.37. The van der Waals surface area contributed by atoms with Crippen molar-refractivity contribution < 1.29 is 19.8 Å². The molecule has 2 rings (SSSR count). The van der Waals surface area contributed by atoms with Gasteiger partial charge in [0.1, 0.15) is 5.69 Å². The van der Waals surface area contributed by atoms with E-state index in [9.17, 15) is 19.5 Å². The van der Waals surface area contributed by atoms with Gasteiger partial charge in [-0.3, -0.25) is 9.59 Å². The van der Waals surface area contributed by atoms with E-state index in [1.54, 1.807) is 16.7 Å². The van der Waals surface area contributed by atoms with Crippen molar-refractivity contribution in [1.82, 2.24) is 4.57 Å². The summed E-state index contributed by atoms with van der Waals surface area (Å²) in [4.78, 5) is 34.1. The maximum absolute atomic E-state index is 12.1. The van der Waals surface area contributed by atoms with Crippen LogP contribution < -0.4 is 5.43 Å². The van der Waals surface area contributed by atoms with Gasteiger partial charge in [0.25, 0.3) is 0 Å². The molecule has 0 aliphatic carbocycles. The number of rotatable bonds is 4. The smallest absolute Gasteiger partial charge is 0.352 e. The maximum atomic E-state index is 12.1. The van der Waals surface area contributed by atoms with Gasteiger partial charge in [-0.2, -0.15) is 0 Å². The van der Waals surface area contributed by atoms with Gasteiger partial charge >= 0.3 is 11.9 Å². The van der Waals surface area contributed by atoms with Crippen molar-refractivity contribution in [2.24, 2.45) is 0 Å². The number of fused-ring (bicyclic) bond motifs is 1. The van der Waals surface area contributed by atoms with Crippen LogP contribution in [0.1, 0.15) is 35.9 Å². The summed E-state index contributed by atoms with van der Waals surface area (Å²) in [5.74, 6) is -2.15. The molecule has 2 N–H and O–H groups in total. The molecule has 21 heavy (non-hydrogen) atoms. The highest BCUT2D eigenvalue weighted by Gasteiger charge is 2.17. The summed E-state index contributed by atoms with van der Waals surface area (Å²) in [5, 5.41) is 18.4. The molecule has 0 saturated carbocycles. The molecule has 0 fully saturated rings. The Kier molecular flexibility index (Phi) is 3.80. The van der Waals surface area contributed by atoms with E-state index in [0.29, 0.717) is 16.5 Å². The first kappa shape index (κ1) is 14.8. The van der Waals surface area contributed by atoms with Crippen LogP contribution >= 0.6 is 0 Å². The minimum Gasteiger partial charge on any atom is -0.481 e. The Bertz CT molecular complexity index is 788. The van der Waals surface area contributed by atoms with Gasteiger partial charge in [-0.15, -0.1) is 0 Å². The van der Waals surface area contributed by atoms with E-state index in [0.717, 1.165) is 6.07 Å². The molecule has 1 aromatic carbocycles. The minimum absolute atomic E-state index is 0.0755. The van der Waals surface area contributed by atoms with Crippen LogP contribution in [-0.4, -0.2) is 26.7 Å². The number of pyridine rings is 1. The fourth-order valence-electron chi connectivity index (χ4n) is 2.40. The lowest BCUT2D eigenvalue weighted by molar-refractivity contribution is -0.136. The second kappa shape index (κ2) is 5.40. The van der Waals surface area contributed by atoms with Crippen LogP contribution in [0.25, 0.3) is 10.9 Å². The second-order valence-electron chi connectivity index (χ2n) is 5.08. The van der Waals surface area contributed by atoms with Crippen molar-refractivity contribution in [3.8, 4) is 0 Å². The standard InChI is InChI=1S/C15H15NO5/c1-8(2)16-11-4-3-9(6-14(18)19)5-10(11)13(17)7-12(16)15(20)21/h3-5,7-8H,6H2,1-2H3,(H,18,19)(H,20,21). The third-order valence-corrected chi connectivity index (χ3v) is 3.20. The van der Waals surface area contributed by atoms with Crippen molar-refractivity contribution in [3.05, 3.63) is 45.7 Å². The van der Waals surface area contributed by atoms with Crippen molar-refractivity contribution in [3.63, 3.8) is 0 Å². The molecule has 0 aliphatic rings. The summed E-state index contributed by atoms with van der Waals surface area (Å²) in [5.41, 5.74) is 0.495. The number of hydrogen-bond donors (Lipinski definition) is 2. The molecule has 110 valence electrons. The number of benzene rings is 1. The minimum atomic E-state index is -1.17. The average molecular weight is 289 g/mol. The topological polar surface area (TPSA) is 96.6 Å². The normalized spacial score (nSPS) is 11.0. The lowest BCUT2D eigenvalue weighted by atomic mass is 10.1. The zero-order valence-corrected chi connectivity index (χ0v) is 11.7. The second-order valence-corrected chi connectivity index (χ2v) is 5.08. The molecule has 0 atom stereocenters. The third kappa shape index (κ3) is 2.79. The van der Waals surface area contributed by atoms with Crippen LogP contribution in [0.4, 0.5) is 0 Å². The number of carboxylic acids is 2. The van der Waals surface area contributed by atoms with E-state index in [1.807, 2.05) is 13.8 Å². The summed E-state index contributed by atoms with van der Waals surface area (Å²) >= 11 is 0. The molecule has 6 heteroatoms. The number of aliphatic carboxylic acids is 1. The molecular formula is C15H15NO5. The predicted octanol–water partition coefficient (Wildman–Crippen LogP) is 1.91. The van der Waals surface area contributed by atoms with Gasteiger partial charge < -0.3 is 14.8 Å². The van der Waals surface area contributed by atoms with Crippen molar-refractivity contribution in [1.29, 1.82) is 0 Å². The SMILES string of the molecule is CC(C)n1c(C(=O)O)cc(=O)c2cc(CC(=O)O)ccc21. The molecule has 0 aliphatic heterocycles. The number of aromatic nitrogens is 1. The number of carboxylic acid groups (broad SMARTS) is 2. The first-order valence-corrected chi connectivity index (χ1v) is 6.44. The number of aromatic carboxylic acids is 1. The Labute approximate surface area is 120 Å². The molecular weight excluding hydrogens is 274 g/mol. The highest BCUT2D eigenvalue weighted by molar-refractivity contribution is 5.91. The maximum Gasteiger partial charge on any atom is 0.352 e. The van der Waals surface area contributed by atoms with Gasteiger partial charge in [-0.25, -0.2) is 4.79 Å². The first-order valence-electron chi connectivity index (χ1n) is 6.44. The summed E-state index contributed by atoms with van der Waals surface area (Å²) in [6.45, 7) is 3.64. The van der Waals surface area contributed by atoms with E-state index in [2.05, 4.69) is 0 Å². The quantitative estimate of drug-likeness (QED) is 0.896. The Morgan fingerprint density at radius 3 is 2.38 bits per heavy atom. The Hall–Kier alpha value is -2.63. The molecule has 0 saturated heterocycles. The zero-order valence-electron chi connectivity index (χ0n) is 11.7. The van der Waals surface area contributed by atoms with Crippen molar-refractivity contribution >= 4 is 22.8 Å². The van der Waals surface area contributed by atoms with Crippen LogP contribution in [0.15, 0.2) is 29.1 Å². The molecule has 6 nitrogen and oxygen atoms in total. The molecule has 1 aromatic heterocycles. The van der Waals surface area contributed by atoms with E-state index >= 15 is 0 Å². The monoisotopic (exact) mass is 289 g/mol. The van der Waals surface area contributed by atoms with Gasteiger partial charge in [-0.1, -0.05) is 6.07 Å². The van der Waals surface area contributed by atoms with Crippen LogP contribution in [0.5, 0.6) is 0 Å². The van der Waals surface area contributed by atoms with E-state index < -0.39 is 17.4 Å². The van der Waals surface area contributed by atoms with Gasteiger partial charge in [-0.05, 0) is 31.5 Å². The van der Waals surface area contributed by atoms with Gasteiger partial charge in [0.05, 0.1) is 11.9 Å². The molecule has 0 unspecified atom stereocenters. The number of hydrogen-bond acceptors (Lipinski definition) is 3. The lowest BCUT2D eigenvalue weighted by Crippen LogP contribution is -2.19. The largest absolute Gasteiger partial charge is 0.481 e. The van der Waals surface area contributed by atoms with E-state index in [1.165, 1.54) is 6.07 Å². The van der Waals surface area contributed by atoms with Crippen LogP contribution in [-0.2, 0) is 11.2 Å². The van der Waals surface area contributed by atoms with Gasteiger partial charge in [0, 0.05) is 17.5 Å². The molecule has 0 radical (unpaired) electrons. The highest BCUT2D eigenvalue weighted by Crippen LogP contribution is 2.20. The third-order valence-electron chi connectivity index (χ3n) is 3.20. The summed E-state index contributed by atoms with van der Waals surface area (Å²) in [6, 6.07) is 5.64. The van der Waals surface area contributed by atoms with Crippen molar-refractivity contribution in [2.75, 3.05) is 0 Å². The van der Waals surface area contributed by atoms with Crippen LogP contribution in [0.3, 0.4) is 0 Å². The Morgan fingerprint density at radius 1 is 1.19 bits per heavy atom. The molecule has 1 heterocycles. The fourth-order valence-corrected chi connectivity index (χ4v) is 2.40. The molecule has 0 bridgehead atoms. The summed E-state index contributed by atoms with van der Waals surface area (Å²) in [7, 11) is 0. The summed E-state index contributed by atoms with van der Waals surface area (Å²) in [6.07, 6.45) is -0.183. The Morgan fingerprint density at radius 2 is 1.86 bits per heavy atom. The fraction of sp³-hybridized carbons (Fsp3) is 0.267. The van der Waals surface area contributed by atoms with Gasteiger partial charge in [0.2, 0.25) is 0 Å². The lowest BCUT2D eigenvalue weighted by Gasteiger charge is -2.18. The molecule has 0 spiro atoms. The highest BCUT2D eigenvalue weighted by atomic mass is 16.4. The van der Waals surface area contributed by atoms with Crippen molar-refractivity contribution in [2.45, 2.75) is 26.3 Å². The summed E-state index contributed by atoms with van der Waals surface area (Å²) < 4.78 is 1.56.